The van der Waals surface area contributed by atoms with Gasteiger partial charge in [0.15, 0.2) is 6.61 Å². The Balaban J connectivity index is 1.54. The van der Waals surface area contributed by atoms with Gasteiger partial charge in [0.05, 0.1) is 9.80 Å². The SMILES string of the molecule is O=C(COC(=O)[C@@H]1CCCN1C(=O)c1cccs1)Nc1cccc([N+](=O)[O-])c1. The zero-order valence-corrected chi connectivity index (χ0v) is 15.5. The lowest BCUT2D eigenvalue weighted by molar-refractivity contribution is -0.384. The molecule has 1 aliphatic rings. The number of amides is 2. The van der Waals surface area contributed by atoms with Crippen molar-refractivity contribution in [2.75, 3.05) is 18.5 Å². The molecule has 10 heteroatoms. The first-order valence-electron chi connectivity index (χ1n) is 8.51. The van der Waals surface area contributed by atoms with Crippen molar-refractivity contribution in [3.8, 4) is 0 Å². The first kappa shape index (κ1) is 19.5. The molecule has 1 atom stereocenters. The summed E-state index contributed by atoms with van der Waals surface area (Å²) in [7, 11) is 0. The Morgan fingerprint density at radius 2 is 2.11 bits per heavy atom. The molecule has 0 saturated carbocycles. The highest BCUT2D eigenvalue weighted by molar-refractivity contribution is 7.12. The molecule has 1 aromatic carbocycles. The fourth-order valence-corrected chi connectivity index (χ4v) is 3.60. The van der Waals surface area contributed by atoms with Gasteiger partial charge >= 0.3 is 5.97 Å². The molecule has 1 N–H and O–H groups in total. The highest BCUT2D eigenvalue weighted by atomic mass is 32.1. The first-order chi connectivity index (χ1) is 13.5. The number of benzene rings is 1. The van der Waals surface area contributed by atoms with E-state index in [4.69, 9.17) is 4.74 Å². The molecule has 1 aliphatic heterocycles. The Morgan fingerprint density at radius 1 is 1.29 bits per heavy atom. The van der Waals surface area contributed by atoms with Gasteiger partial charge in [0.25, 0.3) is 17.5 Å². The predicted octanol–water partition coefficient (Wildman–Crippen LogP) is 2.44. The number of non-ortho nitro benzene ring substituents is 1. The van der Waals surface area contributed by atoms with Crippen LogP contribution in [0.2, 0.25) is 0 Å². The maximum atomic E-state index is 12.5. The highest BCUT2D eigenvalue weighted by Crippen LogP contribution is 2.23. The lowest BCUT2D eigenvalue weighted by Crippen LogP contribution is -2.41. The largest absolute Gasteiger partial charge is 0.454 e. The summed E-state index contributed by atoms with van der Waals surface area (Å²) in [5.74, 6) is -1.49. The van der Waals surface area contributed by atoms with E-state index in [0.717, 1.165) is 0 Å². The van der Waals surface area contributed by atoms with E-state index in [1.165, 1.54) is 40.5 Å². The van der Waals surface area contributed by atoms with Gasteiger partial charge in [-0.1, -0.05) is 12.1 Å². The smallest absolute Gasteiger partial charge is 0.329 e. The Hall–Kier alpha value is -3.27. The number of nitrogens with zero attached hydrogens (tertiary/aromatic N) is 2. The van der Waals surface area contributed by atoms with Crippen molar-refractivity contribution in [1.29, 1.82) is 0 Å². The van der Waals surface area contributed by atoms with Gasteiger partial charge in [-0.25, -0.2) is 4.79 Å². The minimum atomic E-state index is -0.722. The second-order valence-electron chi connectivity index (χ2n) is 6.10. The quantitative estimate of drug-likeness (QED) is 0.449. The first-order valence-corrected chi connectivity index (χ1v) is 9.39. The molecule has 3 rings (SSSR count). The lowest BCUT2D eigenvalue weighted by atomic mass is 10.2. The molecule has 9 nitrogen and oxygen atoms in total. The van der Waals surface area contributed by atoms with Crippen molar-refractivity contribution in [2.24, 2.45) is 0 Å². The topological polar surface area (TPSA) is 119 Å². The maximum absolute atomic E-state index is 12.5. The predicted molar refractivity (Wildman–Crippen MR) is 101 cm³/mol. The molecular formula is C18H17N3O6S. The van der Waals surface area contributed by atoms with Crippen molar-refractivity contribution in [3.05, 3.63) is 56.8 Å². The van der Waals surface area contributed by atoms with Crippen molar-refractivity contribution < 1.29 is 24.0 Å². The van der Waals surface area contributed by atoms with Crippen molar-refractivity contribution in [1.82, 2.24) is 4.90 Å². The molecule has 2 heterocycles. The minimum absolute atomic E-state index is 0.163. The van der Waals surface area contributed by atoms with E-state index in [1.54, 1.807) is 17.5 Å². The summed E-state index contributed by atoms with van der Waals surface area (Å²) in [6.07, 6.45) is 1.15. The van der Waals surface area contributed by atoms with Crippen molar-refractivity contribution in [2.45, 2.75) is 18.9 Å². The van der Waals surface area contributed by atoms with Gasteiger partial charge in [0.2, 0.25) is 0 Å². The van der Waals surface area contributed by atoms with Crippen LogP contribution in [0.5, 0.6) is 0 Å². The van der Waals surface area contributed by atoms with Crippen LogP contribution in [-0.2, 0) is 14.3 Å². The van der Waals surface area contributed by atoms with Gasteiger partial charge in [-0.05, 0) is 30.4 Å². The van der Waals surface area contributed by atoms with E-state index in [-0.39, 0.29) is 17.3 Å². The molecule has 2 aromatic rings. The molecule has 146 valence electrons. The zero-order chi connectivity index (χ0) is 20.1. The van der Waals surface area contributed by atoms with E-state index in [1.807, 2.05) is 0 Å². The van der Waals surface area contributed by atoms with Gasteiger partial charge in [-0.15, -0.1) is 11.3 Å². The third kappa shape index (κ3) is 4.52. The number of nitrogens with one attached hydrogen (secondary N) is 1. The number of nitro benzene ring substituents is 1. The van der Waals surface area contributed by atoms with E-state index in [9.17, 15) is 24.5 Å². The summed E-state index contributed by atoms with van der Waals surface area (Å²) in [5.41, 5.74) is 0.0640. The number of ether oxygens (including phenoxy) is 1. The summed E-state index contributed by atoms with van der Waals surface area (Å²) in [6, 6.07) is 8.17. The number of nitro groups is 1. The summed E-state index contributed by atoms with van der Waals surface area (Å²) in [4.78, 5) is 49.0. The van der Waals surface area contributed by atoms with E-state index >= 15 is 0 Å². The summed E-state index contributed by atoms with van der Waals surface area (Å²) < 4.78 is 5.06. The summed E-state index contributed by atoms with van der Waals surface area (Å²) >= 11 is 1.30. The molecule has 0 spiro atoms. The molecule has 0 aliphatic carbocycles. The maximum Gasteiger partial charge on any atom is 0.329 e. The van der Waals surface area contributed by atoms with Gasteiger partial charge in [-0.2, -0.15) is 0 Å². The molecule has 28 heavy (non-hydrogen) atoms. The molecule has 1 fully saturated rings. The van der Waals surface area contributed by atoms with Gasteiger partial charge in [0, 0.05) is 24.4 Å². The Kier molecular flexibility index (Phi) is 5.99. The number of thiophene rings is 1. The average molecular weight is 403 g/mol. The summed E-state index contributed by atoms with van der Waals surface area (Å²) in [6.45, 7) is -0.0879. The fourth-order valence-electron chi connectivity index (χ4n) is 2.92. The molecule has 0 radical (unpaired) electrons. The highest BCUT2D eigenvalue weighted by Gasteiger charge is 2.36. The van der Waals surface area contributed by atoms with Crippen LogP contribution in [0.25, 0.3) is 0 Å². The van der Waals surface area contributed by atoms with Crippen LogP contribution in [0.3, 0.4) is 0 Å². The number of esters is 1. The van der Waals surface area contributed by atoms with Gasteiger partial charge in [-0.3, -0.25) is 19.7 Å². The second kappa shape index (κ2) is 8.61. The number of rotatable bonds is 6. The molecule has 0 unspecified atom stereocenters. The molecular weight excluding hydrogens is 386 g/mol. The Labute approximate surface area is 164 Å². The molecule has 1 saturated heterocycles. The van der Waals surface area contributed by atoms with Crippen LogP contribution in [0.1, 0.15) is 22.5 Å². The third-order valence-electron chi connectivity index (χ3n) is 4.20. The Morgan fingerprint density at radius 3 is 2.82 bits per heavy atom. The second-order valence-corrected chi connectivity index (χ2v) is 7.04. The van der Waals surface area contributed by atoms with Gasteiger partial charge < -0.3 is 15.0 Å². The average Bonchev–Trinajstić information content (AvgIpc) is 3.37. The fraction of sp³-hybridized carbons (Fsp3) is 0.278. The molecule has 1 aromatic heterocycles. The number of carbonyl (C=O) groups excluding carboxylic acids is 3. The minimum Gasteiger partial charge on any atom is -0.454 e. The molecule has 0 bridgehead atoms. The standard InChI is InChI=1S/C18H17N3O6S/c22-16(19-12-4-1-5-13(10-12)21(25)26)11-27-18(24)14-6-2-8-20(14)17(23)15-7-3-9-28-15/h1,3-5,7,9-10,14H,2,6,8,11H2,(H,19,22)/t14-/m0/s1. The number of hydrogen-bond acceptors (Lipinski definition) is 7. The number of anilines is 1. The van der Waals surface area contributed by atoms with Crippen LogP contribution in [0.4, 0.5) is 11.4 Å². The monoisotopic (exact) mass is 403 g/mol. The zero-order valence-electron chi connectivity index (χ0n) is 14.7. The van der Waals surface area contributed by atoms with Crippen molar-refractivity contribution >= 4 is 40.5 Å². The van der Waals surface area contributed by atoms with Crippen LogP contribution < -0.4 is 5.32 Å². The normalized spacial score (nSPS) is 15.9. The number of hydrogen-bond donors (Lipinski definition) is 1. The molecule has 2 amide bonds. The van der Waals surface area contributed by atoms with Crippen LogP contribution in [-0.4, -0.2) is 46.8 Å². The van der Waals surface area contributed by atoms with E-state index < -0.39 is 29.4 Å². The third-order valence-corrected chi connectivity index (χ3v) is 5.06. The lowest BCUT2D eigenvalue weighted by Gasteiger charge is -2.22. The van der Waals surface area contributed by atoms with Crippen LogP contribution in [0.15, 0.2) is 41.8 Å². The van der Waals surface area contributed by atoms with E-state index in [0.29, 0.717) is 24.3 Å². The van der Waals surface area contributed by atoms with Crippen LogP contribution >= 0.6 is 11.3 Å². The Bertz CT molecular complexity index is 898. The van der Waals surface area contributed by atoms with Crippen LogP contribution in [0, 0.1) is 10.1 Å². The van der Waals surface area contributed by atoms with E-state index in [2.05, 4.69) is 5.32 Å². The number of carbonyl (C=O) groups is 3. The summed E-state index contributed by atoms with van der Waals surface area (Å²) in [5, 5.41) is 15.0. The van der Waals surface area contributed by atoms with Crippen molar-refractivity contribution in [3.63, 3.8) is 0 Å². The number of likely N-dealkylation sites (tertiary alicyclic amines) is 1. The van der Waals surface area contributed by atoms with Gasteiger partial charge in [0.1, 0.15) is 6.04 Å².